The summed E-state index contributed by atoms with van der Waals surface area (Å²) in [7, 11) is 0. The van der Waals surface area contributed by atoms with Gasteiger partial charge >= 0.3 is 12.1 Å². The molecule has 0 aliphatic carbocycles. The van der Waals surface area contributed by atoms with E-state index in [1.54, 1.807) is 49.9 Å². The van der Waals surface area contributed by atoms with Gasteiger partial charge in [0.1, 0.15) is 17.4 Å². The van der Waals surface area contributed by atoms with Gasteiger partial charge in [-0.3, -0.25) is 9.59 Å². The lowest BCUT2D eigenvalue weighted by molar-refractivity contribution is -0.158. The molecule has 0 saturated carbocycles. The van der Waals surface area contributed by atoms with Crippen molar-refractivity contribution in [3.8, 4) is 5.75 Å². The van der Waals surface area contributed by atoms with Crippen molar-refractivity contribution in [3.05, 3.63) is 29.8 Å². The Morgan fingerprint density at radius 2 is 1.56 bits per heavy atom. The number of likely N-dealkylation sites (tertiary alicyclic amines) is 2. The Kier molecular flexibility index (Phi) is 11.6. The quantitative estimate of drug-likeness (QED) is 0.432. The molecule has 0 unspecified atom stereocenters. The zero-order valence-corrected chi connectivity index (χ0v) is 25.3. The van der Waals surface area contributed by atoms with Crippen LogP contribution >= 0.6 is 0 Å². The minimum Gasteiger partial charge on any atom is -0.458 e. The van der Waals surface area contributed by atoms with Crippen molar-refractivity contribution in [1.29, 1.82) is 0 Å². The van der Waals surface area contributed by atoms with E-state index < -0.39 is 35.7 Å². The average molecular weight is 573 g/mol. The van der Waals surface area contributed by atoms with Crippen LogP contribution in [0.2, 0.25) is 0 Å². The summed E-state index contributed by atoms with van der Waals surface area (Å²) in [5.74, 6) is -0.144. The van der Waals surface area contributed by atoms with E-state index in [1.807, 2.05) is 18.7 Å². The summed E-state index contributed by atoms with van der Waals surface area (Å²) < 4.78 is 11.1. The van der Waals surface area contributed by atoms with Crippen LogP contribution in [-0.2, 0) is 25.5 Å². The van der Waals surface area contributed by atoms with Crippen LogP contribution in [0.3, 0.4) is 0 Å². The number of ether oxygens (including phenoxy) is 2. The molecule has 1 aromatic rings. The Morgan fingerprint density at radius 3 is 2.12 bits per heavy atom. The molecular weight excluding hydrogens is 524 g/mol. The summed E-state index contributed by atoms with van der Waals surface area (Å²) in [5.41, 5.74) is 6.08. The number of hydrogen-bond donors (Lipinski definition) is 2. The zero-order valence-electron chi connectivity index (χ0n) is 25.3. The van der Waals surface area contributed by atoms with E-state index in [0.29, 0.717) is 38.1 Å². The van der Waals surface area contributed by atoms with E-state index in [-0.39, 0.29) is 24.2 Å². The predicted molar refractivity (Wildman–Crippen MR) is 156 cm³/mol. The number of nitrogens with zero attached hydrogens (tertiary/aromatic N) is 2. The van der Waals surface area contributed by atoms with Crippen LogP contribution in [-0.4, -0.2) is 77.5 Å². The summed E-state index contributed by atoms with van der Waals surface area (Å²) in [6.07, 6.45) is 4.85. The summed E-state index contributed by atoms with van der Waals surface area (Å²) >= 11 is 0. The smallest absolute Gasteiger partial charge is 0.415 e. The van der Waals surface area contributed by atoms with Crippen molar-refractivity contribution in [2.75, 3.05) is 26.2 Å². The molecule has 228 valence electrons. The van der Waals surface area contributed by atoms with Crippen molar-refractivity contribution < 1.29 is 28.7 Å². The maximum absolute atomic E-state index is 12.9. The molecule has 2 atom stereocenters. The standard InChI is InChI=1S/C31H48N4O6/c1-21(2)19-25(32)27(36)33-26(29(38)41-31(3,4)5)20-22-9-11-24(12-10-22)40-30(39)35-17-13-23(14-18-35)28(37)34-15-7-6-8-16-34/h9-12,21,23,25-26H,6-8,13-20,32H2,1-5H3,(H,33,36)/t25-,26-/m0/s1. The Bertz CT molecular complexity index is 1040. The fraction of sp³-hybridized carbons (Fsp3) is 0.677. The van der Waals surface area contributed by atoms with Crippen molar-refractivity contribution in [2.24, 2.45) is 17.6 Å². The lowest BCUT2D eigenvalue weighted by Gasteiger charge is -2.35. The van der Waals surface area contributed by atoms with Gasteiger partial charge in [-0.2, -0.15) is 0 Å². The van der Waals surface area contributed by atoms with Gasteiger partial charge in [0.05, 0.1) is 6.04 Å². The number of carbonyl (C=O) groups is 4. The third-order valence-electron chi connectivity index (χ3n) is 7.41. The van der Waals surface area contributed by atoms with Gasteiger partial charge in [0.2, 0.25) is 11.8 Å². The Labute approximate surface area is 244 Å². The normalized spacial score (nSPS) is 18.0. The highest BCUT2D eigenvalue weighted by Gasteiger charge is 2.32. The Morgan fingerprint density at radius 1 is 0.951 bits per heavy atom. The van der Waals surface area contributed by atoms with E-state index in [9.17, 15) is 19.2 Å². The van der Waals surface area contributed by atoms with E-state index >= 15 is 0 Å². The molecule has 10 heteroatoms. The van der Waals surface area contributed by atoms with E-state index in [0.717, 1.165) is 31.5 Å². The molecule has 2 aliphatic heterocycles. The second-order valence-corrected chi connectivity index (χ2v) is 12.7. The second-order valence-electron chi connectivity index (χ2n) is 12.7. The molecule has 0 spiro atoms. The molecule has 0 radical (unpaired) electrons. The molecule has 10 nitrogen and oxygen atoms in total. The molecule has 0 aromatic heterocycles. The summed E-state index contributed by atoms with van der Waals surface area (Å²) in [5, 5.41) is 2.76. The van der Waals surface area contributed by atoms with Gasteiger partial charge in [-0.1, -0.05) is 26.0 Å². The van der Waals surface area contributed by atoms with E-state index in [1.165, 1.54) is 6.42 Å². The molecular formula is C31H48N4O6. The fourth-order valence-electron chi connectivity index (χ4n) is 5.24. The molecule has 2 heterocycles. The van der Waals surface area contributed by atoms with E-state index in [2.05, 4.69) is 5.32 Å². The molecule has 41 heavy (non-hydrogen) atoms. The Balaban J connectivity index is 1.55. The predicted octanol–water partition coefficient (Wildman–Crippen LogP) is 3.65. The first-order valence-corrected chi connectivity index (χ1v) is 15.0. The van der Waals surface area contributed by atoms with Crippen LogP contribution in [0.5, 0.6) is 5.75 Å². The number of piperidine rings is 2. The monoisotopic (exact) mass is 572 g/mol. The van der Waals surface area contributed by atoms with E-state index in [4.69, 9.17) is 15.2 Å². The number of esters is 1. The Hall–Kier alpha value is -3.14. The van der Waals surface area contributed by atoms with Gasteiger partial charge in [0.15, 0.2) is 0 Å². The van der Waals surface area contributed by atoms with Crippen LogP contribution in [0.1, 0.15) is 78.7 Å². The topological polar surface area (TPSA) is 131 Å². The summed E-state index contributed by atoms with van der Waals surface area (Å²) in [6.45, 7) is 11.9. The van der Waals surface area contributed by atoms with Crippen molar-refractivity contribution >= 4 is 23.9 Å². The third-order valence-corrected chi connectivity index (χ3v) is 7.41. The first-order valence-electron chi connectivity index (χ1n) is 15.0. The zero-order chi connectivity index (χ0) is 30.2. The van der Waals surface area contributed by atoms with Gasteiger partial charge < -0.3 is 30.3 Å². The number of carbonyl (C=O) groups excluding carboxylic acids is 4. The number of nitrogens with two attached hydrogens (primary N) is 1. The number of hydrogen-bond acceptors (Lipinski definition) is 7. The third kappa shape index (κ3) is 10.3. The number of amides is 3. The van der Waals surface area contributed by atoms with Crippen LogP contribution in [0.25, 0.3) is 0 Å². The molecule has 3 rings (SSSR count). The number of rotatable bonds is 9. The van der Waals surface area contributed by atoms with Gasteiger partial charge in [0.25, 0.3) is 0 Å². The van der Waals surface area contributed by atoms with Crippen LogP contribution in [0.15, 0.2) is 24.3 Å². The first kappa shape index (κ1) is 32.4. The molecule has 2 aliphatic rings. The maximum Gasteiger partial charge on any atom is 0.415 e. The molecule has 3 amide bonds. The van der Waals surface area contributed by atoms with Crippen molar-refractivity contribution in [2.45, 2.75) is 97.2 Å². The molecule has 3 N–H and O–H groups in total. The summed E-state index contributed by atoms with van der Waals surface area (Å²) in [4.78, 5) is 54.8. The average Bonchev–Trinajstić information content (AvgIpc) is 2.92. The minimum atomic E-state index is -0.915. The van der Waals surface area contributed by atoms with Crippen molar-refractivity contribution in [3.63, 3.8) is 0 Å². The molecule has 0 bridgehead atoms. The lowest BCUT2D eigenvalue weighted by atomic mass is 9.94. The lowest BCUT2D eigenvalue weighted by Crippen LogP contribution is -2.51. The van der Waals surface area contributed by atoms with Gasteiger partial charge in [0, 0.05) is 38.5 Å². The number of nitrogens with one attached hydrogen (secondary N) is 1. The van der Waals surface area contributed by atoms with Gasteiger partial charge in [-0.05, 0) is 82.9 Å². The fourth-order valence-corrected chi connectivity index (χ4v) is 5.24. The minimum absolute atomic E-state index is 0.0326. The molecule has 1 aromatic carbocycles. The van der Waals surface area contributed by atoms with Gasteiger partial charge in [-0.25, -0.2) is 9.59 Å². The highest BCUT2D eigenvalue weighted by Crippen LogP contribution is 2.23. The van der Waals surface area contributed by atoms with Crippen LogP contribution in [0, 0.1) is 11.8 Å². The summed E-state index contributed by atoms with van der Waals surface area (Å²) in [6, 6.07) is 5.20. The molecule has 2 saturated heterocycles. The van der Waals surface area contributed by atoms with Crippen LogP contribution < -0.4 is 15.8 Å². The second kappa shape index (κ2) is 14.7. The van der Waals surface area contributed by atoms with Gasteiger partial charge in [-0.15, -0.1) is 0 Å². The largest absolute Gasteiger partial charge is 0.458 e. The van der Waals surface area contributed by atoms with Crippen LogP contribution in [0.4, 0.5) is 4.79 Å². The number of benzene rings is 1. The van der Waals surface area contributed by atoms with Crippen molar-refractivity contribution in [1.82, 2.24) is 15.1 Å². The SMILES string of the molecule is CC(C)C[C@H](N)C(=O)N[C@@H](Cc1ccc(OC(=O)N2CCC(C(=O)N3CCCCC3)CC2)cc1)C(=O)OC(C)(C)C. The highest BCUT2D eigenvalue weighted by atomic mass is 16.6. The maximum atomic E-state index is 12.9. The first-order chi connectivity index (χ1) is 19.3. The molecule has 2 fully saturated rings. The highest BCUT2D eigenvalue weighted by molar-refractivity contribution is 5.87.